The zero-order valence-corrected chi connectivity index (χ0v) is 12.0. The molecule has 0 aliphatic rings. The predicted octanol–water partition coefficient (Wildman–Crippen LogP) is 4.25. The van der Waals surface area contributed by atoms with E-state index in [1.807, 2.05) is 0 Å². The van der Waals surface area contributed by atoms with Gasteiger partial charge in [-0.3, -0.25) is 0 Å². The average Bonchev–Trinajstić information content (AvgIpc) is 2.39. The van der Waals surface area contributed by atoms with Gasteiger partial charge in [0.05, 0.1) is 6.61 Å². The number of hydrogen-bond acceptors (Lipinski definition) is 2. The van der Waals surface area contributed by atoms with Crippen LogP contribution in [0.25, 0.3) is 0 Å². The van der Waals surface area contributed by atoms with Crippen molar-refractivity contribution in [1.29, 1.82) is 0 Å². The molecule has 0 aromatic carbocycles. The summed E-state index contributed by atoms with van der Waals surface area (Å²) in [5.41, 5.74) is 0. The van der Waals surface area contributed by atoms with E-state index >= 15 is 0 Å². The molecule has 0 spiro atoms. The van der Waals surface area contributed by atoms with Crippen molar-refractivity contribution in [2.45, 2.75) is 77.3 Å². The van der Waals surface area contributed by atoms with Crippen LogP contribution in [-0.2, 0) is 4.74 Å². The Balaban J connectivity index is 2.94. The minimum atomic E-state index is -1.01. The lowest BCUT2D eigenvalue weighted by Crippen LogP contribution is -2.04. The molecule has 0 heterocycles. The van der Waals surface area contributed by atoms with Gasteiger partial charge in [-0.1, -0.05) is 51.9 Å². The molecule has 0 radical (unpaired) electrons. The van der Waals surface area contributed by atoms with Crippen molar-refractivity contribution in [3.05, 3.63) is 0 Å². The van der Waals surface area contributed by atoms with Crippen LogP contribution >= 0.6 is 0 Å². The van der Waals surface area contributed by atoms with Crippen molar-refractivity contribution in [3.63, 3.8) is 0 Å². The third-order valence-electron chi connectivity index (χ3n) is 3.10. The zero-order valence-electron chi connectivity index (χ0n) is 12.0. The molecule has 0 rings (SSSR count). The van der Waals surface area contributed by atoms with Gasteiger partial charge in [-0.15, -0.1) is 0 Å². The number of halogens is 1. The molecule has 1 atom stereocenters. The molecule has 0 saturated heterocycles. The van der Waals surface area contributed by atoms with E-state index in [1.54, 1.807) is 0 Å². The van der Waals surface area contributed by atoms with Gasteiger partial charge in [-0.2, -0.15) is 0 Å². The predicted molar refractivity (Wildman–Crippen MR) is 74.6 cm³/mol. The number of unbranched alkanes of at least 4 members (excludes halogenated alkanes) is 7. The maximum Gasteiger partial charge on any atom is 0.123 e. The van der Waals surface area contributed by atoms with Crippen molar-refractivity contribution in [1.82, 2.24) is 0 Å². The van der Waals surface area contributed by atoms with Gasteiger partial charge in [0.25, 0.3) is 0 Å². The van der Waals surface area contributed by atoms with E-state index < -0.39 is 6.17 Å². The van der Waals surface area contributed by atoms with Crippen LogP contribution in [0.5, 0.6) is 0 Å². The Morgan fingerprint density at radius 1 is 0.889 bits per heavy atom. The third-order valence-corrected chi connectivity index (χ3v) is 3.10. The highest BCUT2D eigenvalue weighted by molar-refractivity contribution is 4.54. The van der Waals surface area contributed by atoms with Crippen LogP contribution in [0.4, 0.5) is 4.39 Å². The molecule has 3 heteroatoms. The first-order valence-corrected chi connectivity index (χ1v) is 7.64. The van der Waals surface area contributed by atoms with Gasteiger partial charge in [-0.05, 0) is 19.3 Å². The second kappa shape index (κ2) is 14.9. The van der Waals surface area contributed by atoms with E-state index in [4.69, 9.17) is 9.84 Å². The topological polar surface area (TPSA) is 29.5 Å². The van der Waals surface area contributed by atoms with E-state index in [9.17, 15) is 4.39 Å². The Morgan fingerprint density at radius 2 is 1.44 bits per heavy atom. The summed E-state index contributed by atoms with van der Waals surface area (Å²) in [4.78, 5) is 0. The van der Waals surface area contributed by atoms with Crippen molar-refractivity contribution in [3.8, 4) is 0 Å². The van der Waals surface area contributed by atoms with E-state index in [2.05, 4.69) is 6.92 Å². The molecule has 0 saturated carbocycles. The van der Waals surface area contributed by atoms with Crippen molar-refractivity contribution < 1.29 is 14.2 Å². The average molecular weight is 262 g/mol. The molecule has 18 heavy (non-hydrogen) atoms. The summed E-state index contributed by atoms with van der Waals surface area (Å²) < 4.78 is 18.1. The molecular formula is C15H31FO2. The molecule has 0 aliphatic carbocycles. The van der Waals surface area contributed by atoms with Gasteiger partial charge in [-0.25, -0.2) is 4.39 Å². The molecule has 1 N–H and O–H groups in total. The first-order chi connectivity index (χ1) is 8.81. The van der Waals surface area contributed by atoms with Gasteiger partial charge in [0.15, 0.2) is 0 Å². The molecule has 2 nitrogen and oxygen atoms in total. The van der Waals surface area contributed by atoms with Crippen molar-refractivity contribution in [2.75, 3.05) is 19.8 Å². The Kier molecular flexibility index (Phi) is 14.8. The van der Waals surface area contributed by atoms with Crippen LogP contribution in [0.3, 0.4) is 0 Å². The normalized spacial score (nSPS) is 12.8. The fourth-order valence-corrected chi connectivity index (χ4v) is 1.97. The molecule has 110 valence electrons. The summed E-state index contributed by atoms with van der Waals surface area (Å²) in [7, 11) is 0. The van der Waals surface area contributed by atoms with Gasteiger partial charge in [0.2, 0.25) is 0 Å². The molecule has 1 unspecified atom stereocenters. The maximum atomic E-state index is 12.7. The second-order valence-electron chi connectivity index (χ2n) is 5.01. The minimum absolute atomic E-state index is 0.319. The fraction of sp³-hybridized carbons (Fsp3) is 1.00. The Bertz CT molecular complexity index is 153. The van der Waals surface area contributed by atoms with Crippen LogP contribution in [0.1, 0.15) is 71.1 Å². The second-order valence-corrected chi connectivity index (χ2v) is 5.01. The molecular weight excluding hydrogens is 231 g/mol. The van der Waals surface area contributed by atoms with Crippen LogP contribution in [0.15, 0.2) is 0 Å². The van der Waals surface area contributed by atoms with Gasteiger partial charge in [0, 0.05) is 13.2 Å². The summed E-state index contributed by atoms with van der Waals surface area (Å²) in [5.74, 6) is 0. The highest BCUT2D eigenvalue weighted by Gasteiger charge is 2.02. The van der Waals surface area contributed by atoms with E-state index in [0.29, 0.717) is 6.42 Å². The molecule has 0 aromatic heterocycles. The summed E-state index contributed by atoms with van der Waals surface area (Å²) in [5, 5.41) is 8.53. The number of aliphatic hydroxyl groups is 1. The van der Waals surface area contributed by atoms with Crippen molar-refractivity contribution >= 4 is 0 Å². The maximum absolute atomic E-state index is 12.7. The molecule has 0 bridgehead atoms. The van der Waals surface area contributed by atoms with Gasteiger partial charge >= 0.3 is 0 Å². The Labute approximate surface area is 112 Å². The standard InChI is InChI=1S/C15H31FO2/c1-2-12-18-13-10-8-6-4-3-5-7-9-11-15(16)14-17/h15,17H,2-14H2,1H3. The fourth-order valence-electron chi connectivity index (χ4n) is 1.97. The Hall–Kier alpha value is -0.150. The number of alkyl halides is 1. The van der Waals surface area contributed by atoms with E-state index in [-0.39, 0.29) is 6.61 Å². The highest BCUT2D eigenvalue weighted by atomic mass is 19.1. The van der Waals surface area contributed by atoms with Crippen molar-refractivity contribution in [2.24, 2.45) is 0 Å². The molecule has 0 amide bonds. The highest BCUT2D eigenvalue weighted by Crippen LogP contribution is 2.11. The largest absolute Gasteiger partial charge is 0.393 e. The molecule has 0 fully saturated rings. The Morgan fingerprint density at radius 3 is 2.00 bits per heavy atom. The van der Waals surface area contributed by atoms with Crippen LogP contribution in [-0.4, -0.2) is 31.1 Å². The first-order valence-electron chi connectivity index (χ1n) is 7.64. The molecule has 0 aromatic rings. The van der Waals surface area contributed by atoms with Crippen LogP contribution < -0.4 is 0 Å². The van der Waals surface area contributed by atoms with E-state index in [0.717, 1.165) is 32.5 Å². The lowest BCUT2D eigenvalue weighted by molar-refractivity contribution is 0.130. The van der Waals surface area contributed by atoms with Crippen LogP contribution in [0, 0.1) is 0 Å². The van der Waals surface area contributed by atoms with E-state index in [1.165, 1.54) is 38.5 Å². The van der Waals surface area contributed by atoms with Crippen LogP contribution in [0.2, 0.25) is 0 Å². The summed E-state index contributed by atoms with van der Waals surface area (Å²) in [6.07, 6.45) is 10.1. The number of ether oxygens (including phenoxy) is 1. The number of hydrogen-bond donors (Lipinski definition) is 1. The van der Waals surface area contributed by atoms with Gasteiger partial charge in [0.1, 0.15) is 6.17 Å². The SMILES string of the molecule is CCCOCCCCCCCCCCC(F)CO. The lowest BCUT2D eigenvalue weighted by Gasteiger charge is -2.05. The smallest absolute Gasteiger partial charge is 0.123 e. The minimum Gasteiger partial charge on any atom is -0.393 e. The summed E-state index contributed by atoms with van der Waals surface area (Å²) >= 11 is 0. The summed E-state index contributed by atoms with van der Waals surface area (Å²) in [6.45, 7) is 3.61. The third kappa shape index (κ3) is 13.9. The number of aliphatic hydroxyl groups excluding tert-OH is 1. The molecule has 0 aliphatic heterocycles. The lowest BCUT2D eigenvalue weighted by atomic mass is 10.1. The quantitative estimate of drug-likeness (QED) is 0.474. The number of rotatable bonds is 14. The zero-order chi connectivity index (χ0) is 13.5. The summed E-state index contributed by atoms with van der Waals surface area (Å²) in [6, 6.07) is 0. The van der Waals surface area contributed by atoms with Gasteiger partial charge < -0.3 is 9.84 Å². The first kappa shape index (κ1) is 17.8. The monoisotopic (exact) mass is 262 g/mol.